The van der Waals surface area contributed by atoms with E-state index >= 15 is 0 Å². The van der Waals surface area contributed by atoms with Gasteiger partial charge in [-0.2, -0.15) is 0 Å². The molecule has 1 atom stereocenters. The summed E-state index contributed by atoms with van der Waals surface area (Å²) in [7, 11) is -3.17. The number of rotatable bonds is 2. The van der Waals surface area contributed by atoms with Gasteiger partial charge in [0.15, 0.2) is 9.84 Å². The lowest BCUT2D eigenvalue weighted by atomic mass is 10.1. The topological polar surface area (TPSA) is 89.3 Å². The molecule has 1 aromatic rings. The summed E-state index contributed by atoms with van der Waals surface area (Å²) in [5, 5.41) is 2.47. The first-order valence-corrected chi connectivity index (χ1v) is 7.86. The fourth-order valence-corrected chi connectivity index (χ4v) is 3.76. The number of nitrogens with one attached hydrogen (secondary N) is 1. The van der Waals surface area contributed by atoms with Gasteiger partial charge < -0.3 is 11.1 Å². The molecule has 20 heavy (non-hydrogen) atoms. The maximum Gasteiger partial charge on any atom is 0.251 e. The van der Waals surface area contributed by atoms with Gasteiger partial charge in [-0.3, -0.25) is 4.79 Å². The Kier molecular flexibility index (Phi) is 3.94. The molecule has 1 heterocycles. The second-order valence-electron chi connectivity index (χ2n) is 4.78. The summed E-state index contributed by atoms with van der Waals surface area (Å²) >= 11 is 0. The molecule has 1 aliphatic rings. The Labute approximate surface area is 115 Å². The third kappa shape index (κ3) is 3.24. The average molecular weight is 304 g/mol. The molecule has 1 fully saturated rings. The van der Waals surface area contributed by atoms with Gasteiger partial charge in [-0.15, -0.1) is 0 Å². The number of sulfone groups is 1. The lowest BCUT2D eigenvalue weighted by molar-refractivity contribution is 0.0937. The SMILES string of the molecule is Nc1c(F)cc(C(=O)NC2CCCS(=O)(=O)C2)cc1F. The van der Waals surface area contributed by atoms with Crippen LogP contribution in [0.5, 0.6) is 0 Å². The van der Waals surface area contributed by atoms with Crippen LogP contribution in [0, 0.1) is 11.6 Å². The summed E-state index contributed by atoms with van der Waals surface area (Å²) in [4.78, 5) is 11.9. The van der Waals surface area contributed by atoms with Crippen molar-refractivity contribution in [2.24, 2.45) is 0 Å². The Balaban J connectivity index is 2.13. The van der Waals surface area contributed by atoms with E-state index in [-0.39, 0.29) is 17.1 Å². The van der Waals surface area contributed by atoms with Crippen molar-refractivity contribution >= 4 is 21.4 Å². The summed E-state index contributed by atoms with van der Waals surface area (Å²) < 4.78 is 49.4. The van der Waals surface area contributed by atoms with Crippen LogP contribution < -0.4 is 11.1 Å². The summed E-state index contributed by atoms with van der Waals surface area (Å²) in [6.45, 7) is 0. The normalized spacial score (nSPS) is 21.4. The lowest BCUT2D eigenvalue weighted by Gasteiger charge is -2.23. The van der Waals surface area contributed by atoms with E-state index in [0.717, 1.165) is 12.1 Å². The second kappa shape index (κ2) is 5.35. The van der Waals surface area contributed by atoms with Crippen LogP contribution in [0.2, 0.25) is 0 Å². The van der Waals surface area contributed by atoms with Crippen molar-refractivity contribution in [3.05, 3.63) is 29.3 Å². The second-order valence-corrected chi connectivity index (χ2v) is 7.01. The summed E-state index contributed by atoms with van der Waals surface area (Å²) in [5.41, 5.74) is 4.23. The maximum atomic E-state index is 13.3. The van der Waals surface area contributed by atoms with Crippen molar-refractivity contribution < 1.29 is 22.0 Å². The van der Waals surface area contributed by atoms with Crippen LogP contribution in [0.1, 0.15) is 23.2 Å². The van der Waals surface area contributed by atoms with Crippen molar-refractivity contribution in [1.29, 1.82) is 0 Å². The quantitative estimate of drug-likeness (QED) is 0.793. The van der Waals surface area contributed by atoms with Gasteiger partial charge in [0.05, 0.1) is 11.5 Å². The predicted octanol–water partition coefficient (Wildman–Crippen LogP) is 0.854. The molecule has 0 aliphatic carbocycles. The molecule has 0 radical (unpaired) electrons. The van der Waals surface area contributed by atoms with Gasteiger partial charge in [0.2, 0.25) is 0 Å². The number of amides is 1. The van der Waals surface area contributed by atoms with E-state index in [1.807, 2.05) is 0 Å². The zero-order chi connectivity index (χ0) is 14.9. The molecule has 3 N–H and O–H groups in total. The molecule has 1 aromatic carbocycles. The van der Waals surface area contributed by atoms with Crippen molar-refractivity contribution in [2.45, 2.75) is 18.9 Å². The monoisotopic (exact) mass is 304 g/mol. The first-order valence-electron chi connectivity index (χ1n) is 6.04. The van der Waals surface area contributed by atoms with Crippen molar-refractivity contribution in [3.63, 3.8) is 0 Å². The Morgan fingerprint density at radius 3 is 2.45 bits per heavy atom. The van der Waals surface area contributed by atoms with Gasteiger partial charge in [0.1, 0.15) is 17.3 Å². The Hall–Kier alpha value is -1.70. The molecule has 0 spiro atoms. The highest BCUT2D eigenvalue weighted by Gasteiger charge is 2.26. The van der Waals surface area contributed by atoms with E-state index in [1.54, 1.807) is 0 Å². The van der Waals surface area contributed by atoms with Crippen LogP contribution in [0.15, 0.2) is 12.1 Å². The zero-order valence-electron chi connectivity index (χ0n) is 10.5. The van der Waals surface area contributed by atoms with Crippen LogP contribution in [0.4, 0.5) is 14.5 Å². The molecule has 1 unspecified atom stereocenters. The molecule has 2 rings (SSSR count). The molecule has 1 amide bonds. The average Bonchev–Trinajstić information content (AvgIpc) is 2.34. The van der Waals surface area contributed by atoms with Crippen LogP contribution in [-0.2, 0) is 9.84 Å². The summed E-state index contributed by atoms with van der Waals surface area (Å²) in [5.74, 6) is -2.81. The molecule has 110 valence electrons. The van der Waals surface area contributed by atoms with Gasteiger partial charge in [0.25, 0.3) is 5.91 Å². The minimum atomic E-state index is -3.17. The van der Waals surface area contributed by atoms with Crippen LogP contribution in [-0.4, -0.2) is 31.9 Å². The van der Waals surface area contributed by atoms with Gasteiger partial charge >= 0.3 is 0 Å². The maximum absolute atomic E-state index is 13.3. The number of anilines is 1. The van der Waals surface area contributed by atoms with E-state index < -0.39 is 39.1 Å². The van der Waals surface area contributed by atoms with Crippen molar-refractivity contribution in [1.82, 2.24) is 5.32 Å². The Morgan fingerprint density at radius 1 is 1.30 bits per heavy atom. The molecule has 0 bridgehead atoms. The largest absolute Gasteiger partial charge is 0.394 e. The number of nitrogen functional groups attached to an aromatic ring is 1. The first-order chi connectivity index (χ1) is 9.28. The van der Waals surface area contributed by atoms with Crippen LogP contribution in [0.25, 0.3) is 0 Å². The van der Waals surface area contributed by atoms with E-state index in [9.17, 15) is 22.0 Å². The standard InChI is InChI=1S/C12H14F2N2O3S/c13-9-4-7(5-10(14)11(9)15)12(17)16-8-2-1-3-20(18,19)6-8/h4-5,8H,1-3,6,15H2,(H,16,17). The third-order valence-corrected chi connectivity index (χ3v) is 4.96. The molecule has 0 saturated carbocycles. The molecule has 0 aromatic heterocycles. The van der Waals surface area contributed by atoms with E-state index in [1.165, 1.54) is 0 Å². The highest BCUT2D eigenvalue weighted by molar-refractivity contribution is 7.91. The van der Waals surface area contributed by atoms with Gasteiger partial charge in [0, 0.05) is 11.6 Å². The number of nitrogens with two attached hydrogens (primary N) is 1. The fraction of sp³-hybridized carbons (Fsp3) is 0.417. The zero-order valence-corrected chi connectivity index (χ0v) is 11.3. The lowest BCUT2D eigenvalue weighted by Crippen LogP contribution is -2.43. The Bertz CT molecular complexity index is 623. The number of benzene rings is 1. The summed E-state index contributed by atoms with van der Waals surface area (Å²) in [6, 6.07) is 1.11. The minimum absolute atomic E-state index is 0.102. The smallest absolute Gasteiger partial charge is 0.251 e. The number of carbonyl (C=O) groups is 1. The number of hydrogen-bond acceptors (Lipinski definition) is 4. The van der Waals surface area contributed by atoms with E-state index in [0.29, 0.717) is 12.8 Å². The molecular formula is C12H14F2N2O3S. The molecule has 1 aliphatic heterocycles. The summed E-state index contributed by atoms with van der Waals surface area (Å²) in [6.07, 6.45) is 0.975. The van der Waals surface area contributed by atoms with Gasteiger partial charge in [-0.1, -0.05) is 0 Å². The molecule has 8 heteroatoms. The highest BCUT2D eigenvalue weighted by atomic mass is 32.2. The predicted molar refractivity (Wildman–Crippen MR) is 69.9 cm³/mol. The van der Waals surface area contributed by atoms with Crippen LogP contribution >= 0.6 is 0 Å². The fourth-order valence-electron chi connectivity index (χ4n) is 2.12. The van der Waals surface area contributed by atoms with E-state index in [2.05, 4.69) is 5.32 Å². The van der Waals surface area contributed by atoms with Crippen molar-refractivity contribution in [2.75, 3.05) is 17.2 Å². The van der Waals surface area contributed by atoms with Gasteiger partial charge in [-0.25, -0.2) is 17.2 Å². The highest BCUT2D eigenvalue weighted by Crippen LogP contribution is 2.18. The molecule has 5 nitrogen and oxygen atoms in total. The number of carbonyl (C=O) groups excluding carboxylic acids is 1. The van der Waals surface area contributed by atoms with Crippen molar-refractivity contribution in [3.8, 4) is 0 Å². The first kappa shape index (κ1) is 14.7. The minimum Gasteiger partial charge on any atom is -0.394 e. The molecule has 1 saturated heterocycles. The number of hydrogen-bond donors (Lipinski definition) is 2. The number of halogens is 2. The van der Waals surface area contributed by atoms with Gasteiger partial charge in [-0.05, 0) is 25.0 Å². The third-order valence-electron chi connectivity index (χ3n) is 3.14. The van der Waals surface area contributed by atoms with Crippen LogP contribution in [0.3, 0.4) is 0 Å². The molecular weight excluding hydrogens is 290 g/mol. The Morgan fingerprint density at radius 2 is 1.90 bits per heavy atom. The van der Waals surface area contributed by atoms with E-state index in [4.69, 9.17) is 5.73 Å².